The molecule has 3 rings (SSSR count). The summed E-state index contributed by atoms with van der Waals surface area (Å²) in [6, 6.07) is 7.72. The number of rotatable bonds is 3. The zero-order chi connectivity index (χ0) is 14.1. The third kappa shape index (κ3) is 2.31. The van der Waals surface area contributed by atoms with Crippen molar-refractivity contribution in [2.24, 2.45) is 0 Å². The van der Waals surface area contributed by atoms with Crippen LogP contribution in [0.2, 0.25) is 5.15 Å². The minimum absolute atomic E-state index is 0.358. The summed E-state index contributed by atoms with van der Waals surface area (Å²) in [5.74, 6) is 0.358. The van der Waals surface area contributed by atoms with E-state index in [1.807, 2.05) is 24.3 Å². The van der Waals surface area contributed by atoms with Gasteiger partial charge in [-0.1, -0.05) is 36.6 Å². The number of carbonyl (C=O) groups is 1. The van der Waals surface area contributed by atoms with Crippen molar-refractivity contribution in [3.05, 3.63) is 45.1 Å². The fourth-order valence-corrected chi connectivity index (χ4v) is 3.54. The number of hydrogen-bond acceptors (Lipinski definition) is 2. The van der Waals surface area contributed by atoms with E-state index in [9.17, 15) is 4.79 Å². The summed E-state index contributed by atoms with van der Waals surface area (Å²) in [5, 5.41) is 5.01. The number of para-hydroxylation sites is 1. The third-order valence-electron chi connectivity index (χ3n) is 3.83. The molecule has 1 fully saturated rings. The molecule has 1 aromatic carbocycles. The molecular formula is C15H14BrClN2O. The molecule has 3 nitrogen and oxygen atoms in total. The largest absolute Gasteiger partial charge is 0.298 e. The molecule has 0 radical (unpaired) electrons. The third-order valence-corrected chi connectivity index (χ3v) is 4.87. The Balaban J connectivity index is 2.13. The van der Waals surface area contributed by atoms with Gasteiger partial charge in [0.2, 0.25) is 0 Å². The first kappa shape index (κ1) is 13.8. The SMILES string of the molecule is O=Cc1c(C2CCCC2)nn(-c2ccccc2Br)c1Cl. The Labute approximate surface area is 131 Å². The molecule has 0 atom stereocenters. The average Bonchev–Trinajstić information content (AvgIpc) is 3.07. The Bertz CT molecular complexity index is 647. The maximum atomic E-state index is 11.4. The molecule has 1 aliphatic rings. The van der Waals surface area contributed by atoms with Crippen LogP contribution in [0.15, 0.2) is 28.7 Å². The van der Waals surface area contributed by atoms with Gasteiger partial charge in [0, 0.05) is 10.4 Å². The number of benzene rings is 1. The van der Waals surface area contributed by atoms with Gasteiger partial charge in [0.05, 0.1) is 16.9 Å². The number of nitrogens with zero attached hydrogens (tertiary/aromatic N) is 2. The molecular weight excluding hydrogens is 340 g/mol. The van der Waals surface area contributed by atoms with Crippen LogP contribution >= 0.6 is 27.5 Å². The Morgan fingerprint density at radius 3 is 2.65 bits per heavy atom. The standard InChI is InChI=1S/C15H14BrClN2O/c16-12-7-3-4-8-13(12)19-15(17)11(9-20)14(18-19)10-5-1-2-6-10/h3-4,7-10H,1-2,5-6H2. The summed E-state index contributed by atoms with van der Waals surface area (Å²) >= 11 is 9.86. The lowest BCUT2D eigenvalue weighted by molar-refractivity contribution is 0.112. The molecule has 0 unspecified atom stereocenters. The van der Waals surface area contributed by atoms with Gasteiger partial charge in [-0.05, 0) is 40.9 Å². The molecule has 0 N–H and O–H groups in total. The summed E-state index contributed by atoms with van der Waals surface area (Å²) in [5.41, 5.74) is 2.23. The zero-order valence-corrected chi connectivity index (χ0v) is 13.2. The van der Waals surface area contributed by atoms with Crippen LogP contribution in [0.4, 0.5) is 0 Å². The van der Waals surface area contributed by atoms with E-state index in [2.05, 4.69) is 21.0 Å². The number of halogens is 2. The Morgan fingerprint density at radius 2 is 2.00 bits per heavy atom. The summed E-state index contributed by atoms with van der Waals surface area (Å²) in [7, 11) is 0. The monoisotopic (exact) mass is 352 g/mol. The number of carbonyl (C=O) groups excluding carboxylic acids is 1. The molecule has 1 heterocycles. The highest BCUT2D eigenvalue weighted by atomic mass is 79.9. The van der Waals surface area contributed by atoms with Gasteiger partial charge in [0.25, 0.3) is 0 Å². The Morgan fingerprint density at radius 1 is 1.30 bits per heavy atom. The van der Waals surface area contributed by atoms with E-state index in [4.69, 9.17) is 11.6 Å². The van der Waals surface area contributed by atoms with E-state index in [1.165, 1.54) is 12.8 Å². The number of aldehydes is 1. The lowest BCUT2D eigenvalue weighted by Crippen LogP contribution is -2.00. The van der Waals surface area contributed by atoms with Crippen LogP contribution in [0.1, 0.15) is 47.7 Å². The molecule has 1 aliphatic carbocycles. The van der Waals surface area contributed by atoms with Gasteiger partial charge >= 0.3 is 0 Å². The molecule has 0 aliphatic heterocycles. The molecule has 0 saturated heterocycles. The minimum Gasteiger partial charge on any atom is -0.298 e. The fourth-order valence-electron chi connectivity index (χ4n) is 2.82. The van der Waals surface area contributed by atoms with Gasteiger partial charge in [-0.2, -0.15) is 5.10 Å². The highest BCUT2D eigenvalue weighted by molar-refractivity contribution is 9.10. The van der Waals surface area contributed by atoms with Crippen molar-refractivity contribution in [2.45, 2.75) is 31.6 Å². The van der Waals surface area contributed by atoms with Crippen LogP contribution in [0.3, 0.4) is 0 Å². The van der Waals surface area contributed by atoms with E-state index in [0.717, 1.165) is 35.0 Å². The van der Waals surface area contributed by atoms with Gasteiger partial charge in [-0.15, -0.1) is 0 Å². The Kier molecular flexibility index (Phi) is 3.94. The second kappa shape index (κ2) is 5.70. The van der Waals surface area contributed by atoms with Crippen molar-refractivity contribution in [1.29, 1.82) is 0 Å². The maximum absolute atomic E-state index is 11.4. The highest BCUT2D eigenvalue weighted by Gasteiger charge is 2.26. The molecule has 2 aromatic rings. The second-order valence-corrected chi connectivity index (χ2v) is 6.26. The van der Waals surface area contributed by atoms with Crippen molar-refractivity contribution < 1.29 is 4.79 Å². The Hall–Kier alpha value is -1.13. The molecule has 104 valence electrons. The van der Waals surface area contributed by atoms with Crippen molar-refractivity contribution in [3.8, 4) is 5.69 Å². The second-order valence-electron chi connectivity index (χ2n) is 5.05. The predicted molar refractivity (Wildman–Crippen MR) is 82.9 cm³/mol. The molecule has 20 heavy (non-hydrogen) atoms. The lowest BCUT2D eigenvalue weighted by Gasteiger charge is -2.06. The maximum Gasteiger partial charge on any atom is 0.155 e. The van der Waals surface area contributed by atoms with E-state index in [1.54, 1.807) is 4.68 Å². The molecule has 0 amide bonds. The topological polar surface area (TPSA) is 34.9 Å². The number of hydrogen-bond donors (Lipinski definition) is 0. The summed E-state index contributed by atoms with van der Waals surface area (Å²) in [4.78, 5) is 11.4. The van der Waals surface area contributed by atoms with E-state index in [0.29, 0.717) is 16.6 Å². The van der Waals surface area contributed by atoms with Gasteiger partial charge in [0.15, 0.2) is 6.29 Å². The first-order valence-electron chi connectivity index (χ1n) is 6.71. The summed E-state index contributed by atoms with van der Waals surface area (Å²) in [6.07, 6.45) is 5.40. The van der Waals surface area contributed by atoms with E-state index < -0.39 is 0 Å². The van der Waals surface area contributed by atoms with Crippen LogP contribution in [-0.2, 0) is 0 Å². The predicted octanol–water partition coefficient (Wildman–Crippen LogP) is 4.76. The van der Waals surface area contributed by atoms with Gasteiger partial charge in [0.1, 0.15) is 5.15 Å². The van der Waals surface area contributed by atoms with Crippen LogP contribution in [0.5, 0.6) is 0 Å². The molecule has 1 saturated carbocycles. The van der Waals surface area contributed by atoms with Crippen molar-refractivity contribution in [1.82, 2.24) is 9.78 Å². The number of aromatic nitrogens is 2. The van der Waals surface area contributed by atoms with Crippen LogP contribution in [0.25, 0.3) is 5.69 Å². The summed E-state index contributed by atoms with van der Waals surface area (Å²) < 4.78 is 2.56. The van der Waals surface area contributed by atoms with Crippen LogP contribution in [0, 0.1) is 0 Å². The van der Waals surface area contributed by atoms with Crippen LogP contribution in [-0.4, -0.2) is 16.1 Å². The van der Waals surface area contributed by atoms with Gasteiger partial charge in [-0.25, -0.2) is 4.68 Å². The van der Waals surface area contributed by atoms with E-state index >= 15 is 0 Å². The molecule has 1 aromatic heterocycles. The highest BCUT2D eigenvalue weighted by Crippen LogP contribution is 2.37. The lowest BCUT2D eigenvalue weighted by atomic mass is 10.0. The van der Waals surface area contributed by atoms with Crippen LogP contribution < -0.4 is 0 Å². The minimum atomic E-state index is 0.358. The van der Waals surface area contributed by atoms with Gasteiger partial charge < -0.3 is 0 Å². The molecule has 5 heteroatoms. The fraction of sp³-hybridized carbons (Fsp3) is 0.333. The van der Waals surface area contributed by atoms with E-state index in [-0.39, 0.29) is 0 Å². The molecule has 0 bridgehead atoms. The zero-order valence-electron chi connectivity index (χ0n) is 10.9. The smallest absolute Gasteiger partial charge is 0.155 e. The average molecular weight is 354 g/mol. The first-order chi connectivity index (χ1) is 9.72. The molecule has 0 spiro atoms. The first-order valence-corrected chi connectivity index (χ1v) is 7.88. The van der Waals surface area contributed by atoms with Gasteiger partial charge in [-0.3, -0.25) is 4.79 Å². The van der Waals surface area contributed by atoms with Crippen molar-refractivity contribution in [3.63, 3.8) is 0 Å². The summed E-state index contributed by atoms with van der Waals surface area (Å²) in [6.45, 7) is 0. The van der Waals surface area contributed by atoms with Crippen molar-refractivity contribution >= 4 is 33.8 Å². The quantitative estimate of drug-likeness (QED) is 0.746. The normalized spacial score (nSPS) is 15.7. The van der Waals surface area contributed by atoms with Crippen molar-refractivity contribution in [2.75, 3.05) is 0 Å².